The maximum Gasteiger partial charge on any atom is 0.334 e. The molecule has 2 fully saturated rings. The highest BCUT2D eigenvalue weighted by molar-refractivity contribution is 5.92. The van der Waals surface area contributed by atoms with Gasteiger partial charge in [-0.3, -0.25) is 0 Å². The topological polar surface area (TPSA) is 79.9 Å². The number of ether oxygens (including phenoxy) is 1. The van der Waals surface area contributed by atoms with Crippen molar-refractivity contribution >= 4 is 5.97 Å². The summed E-state index contributed by atoms with van der Waals surface area (Å²) in [6.07, 6.45) is 6.78. The molecule has 2 heterocycles. The molecule has 4 rings (SSSR count). The standard InChI is InChI=1S/C20H26O5/c1-12-16(22)9-20-11-25-18(23)14(20)3-4-15(21)17(20)19(12,2)7-5-13-6-8-24-10-13/h3,6,8,10,12,15-17,21-22H,4-5,7,9,11H2,1-2H3/t12-,15-,16+,17-,19+,20+/m1/s1. The number of rotatable bonds is 3. The van der Waals surface area contributed by atoms with E-state index < -0.39 is 17.6 Å². The number of cyclic esters (lactones) is 1. The predicted molar refractivity (Wildman–Crippen MR) is 90.5 cm³/mol. The molecule has 1 aliphatic heterocycles. The molecule has 1 aromatic rings. The molecule has 2 aliphatic carbocycles. The second-order valence-electron chi connectivity index (χ2n) is 8.33. The van der Waals surface area contributed by atoms with Gasteiger partial charge in [0.1, 0.15) is 6.61 Å². The lowest BCUT2D eigenvalue weighted by atomic mass is 9.45. The minimum Gasteiger partial charge on any atom is -0.472 e. The summed E-state index contributed by atoms with van der Waals surface area (Å²) in [7, 11) is 0. The number of aliphatic hydroxyl groups is 2. The molecule has 2 N–H and O–H groups in total. The molecular weight excluding hydrogens is 320 g/mol. The van der Waals surface area contributed by atoms with Crippen LogP contribution in [-0.2, 0) is 16.0 Å². The van der Waals surface area contributed by atoms with Crippen LogP contribution in [0.1, 0.15) is 38.7 Å². The van der Waals surface area contributed by atoms with Gasteiger partial charge in [-0.25, -0.2) is 4.79 Å². The van der Waals surface area contributed by atoms with E-state index in [1.807, 2.05) is 12.1 Å². The number of furan rings is 1. The molecule has 25 heavy (non-hydrogen) atoms. The zero-order valence-electron chi connectivity index (χ0n) is 14.8. The van der Waals surface area contributed by atoms with E-state index in [0.29, 0.717) is 18.4 Å². The van der Waals surface area contributed by atoms with Gasteiger partial charge in [-0.15, -0.1) is 0 Å². The molecule has 0 unspecified atom stereocenters. The van der Waals surface area contributed by atoms with Crippen molar-refractivity contribution in [1.82, 2.24) is 0 Å². The van der Waals surface area contributed by atoms with Crippen molar-refractivity contribution in [3.05, 3.63) is 35.8 Å². The molecule has 1 saturated heterocycles. The number of hydrogen-bond acceptors (Lipinski definition) is 5. The molecule has 0 amide bonds. The van der Waals surface area contributed by atoms with Crippen molar-refractivity contribution in [2.24, 2.45) is 22.7 Å². The Morgan fingerprint density at radius 2 is 2.12 bits per heavy atom. The third-order valence-corrected chi connectivity index (χ3v) is 7.19. The van der Waals surface area contributed by atoms with Crippen LogP contribution in [0.5, 0.6) is 0 Å². The van der Waals surface area contributed by atoms with Crippen LogP contribution in [0, 0.1) is 22.7 Å². The number of hydrogen-bond donors (Lipinski definition) is 2. The quantitative estimate of drug-likeness (QED) is 0.822. The first kappa shape index (κ1) is 16.9. The van der Waals surface area contributed by atoms with Crippen molar-refractivity contribution in [1.29, 1.82) is 0 Å². The van der Waals surface area contributed by atoms with E-state index >= 15 is 0 Å². The predicted octanol–water partition coefficient (Wildman–Crippen LogP) is 2.47. The van der Waals surface area contributed by atoms with Crippen LogP contribution in [-0.4, -0.2) is 35.0 Å². The fourth-order valence-electron chi connectivity index (χ4n) is 5.71. The first-order valence-corrected chi connectivity index (χ1v) is 9.13. The summed E-state index contributed by atoms with van der Waals surface area (Å²) in [4.78, 5) is 12.2. The first-order valence-electron chi connectivity index (χ1n) is 9.13. The summed E-state index contributed by atoms with van der Waals surface area (Å²) < 4.78 is 10.6. The van der Waals surface area contributed by atoms with Crippen LogP contribution in [0.25, 0.3) is 0 Å². The largest absolute Gasteiger partial charge is 0.472 e. The van der Waals surface area contributed by atoms with E-state index in [0.717, 1.165) is 18.4 Å². The Morgan fingerprint density at radius 1 is 1.32 bits per heavy atom. The Hall–Kier alpha value is -1.59. The van der Waals surface area contributed by atoms with Crippen LogP contribution in [0.15, 0.2) is 34.7 Å². The van der Waals surface area contributed by atoms with Gasteiger partial charge in [0.05, 0.1) is 24.7 Å². The summed E-state index contributed by atoms with van der Waals surface area (Å²) in [5.41, 5.74) is 0.916. The van der Waals surface area contributed by atoms with Crippen molar-refractivity contribution in [2.45, 2.75) is 51.7 Å². The first-order chi connectivity index (χ1) is 11.9. The van der Waals surface area contributed by atoms with Gasteiger partial charge in [0, 0.05) is 16.9 Å². The van der Waals surface area contributed by atoms with Gasteiger partial charge in [-0.05, 0) is 48.6 Å². The highest BCUT2D eigenvalue weighted by Crippen LogP contribution is 2.63. The van der Waals surface area contributed by atoms with Gasteiger partial charge in [-0.1, -0.05) is 19.9 Å². The van der Waals surface area contributed by atoms with Crippen LogP contribution in [0.3, 0.4) is 0 Å². The summed E-state index contributed by atoms with van der Waals surface area (Å²) in [6, 6.07) is 1.95. The Labute approximate surface area is 147 Å². The number of esters is 1. The van der Waals surface area contributed by atoms with Crippen molar-refractivity contribution in [2.75, 3.05) is 6.61 Å². The van der Waals surface area contributed by atoms with Crippen LogP contribution < -0.4 is 0 Å². The van der Waals surface area contributed by atoms with Crippen LogP contribution in [0.4, 0.5) is 0 Å². The summed E-state index contributed by atoms with van der Waals surface area (Å²) >= 11 is 0. The monoisotopic (exact) mass is 346 g/mol. The van der Waals surface area contributed by atoms with E-state index in [2.05, 4.69) is 13.8 Å². The van der Waals surface area contributed by atoms with Gasteiger partial charge in [0.25, 0.3) is 0 Å². The molecule has 136 valence electrons. The van der Waals surface area contributed by atoms with E-state index in [4.69, 9.17) is 9.15 Å². The number of carbonyl (C=O) groups is 1. The maximum atomic E-state index is 12.2. The highest BCUT2D eigenvalue weighted by atomic mass is 16.5. The lowest BCUT2D eigenvalue weighted by Crippen LogP contribution is -2.60. The van der Waals surface area contributed by atoms with Gasteiger partial charge < -0.3 is 19.4 Å². The Bertz CT molecular complexity index is 693. The van der Waals surface area contributed by atoms with Crippen molar-refractivity contribution in [3.8, 4) is 0 Å². The number of aliphatic hydroxyl groups excluding tert-OH is 2. The third kappa shape index (κ3) is 2.32. The SMILES string of the molecule is C[C@@H]1[C@@H](O)C[C@]23COC(=O)C2=CC[C@@H](O)[C@@H]3[C@@]1(C)CCc1ccoc1. The minimum atomic E-state index is -0.564. The van der Waals surface area contributed by atoms with E-state index in [-0.39, 0.29) is 29.8 Å². The Kier molecular flexibility index (Phi) is 3.85. The molecule has 5 heteroatoms. The second-order valence-corrected chi connectivity index (χ2v) is 8.33. The smallest absolute Gasteiger partial charge is 0.334 e. The van der Waals surface area contributed by atoms with Crippen LogP contribution >= 0.6 is 0 Å². The van der Waals surface area contributed by atoms with Crippen molar-refractivity contribution in [3.63, 3.8) is 0 Å². The van der Waals surface area contributed by atoms with Crippen LogP contribution in [0.2, 0.25) is 0 Å². The fraction of sp³-hybridized carbons (Fsp3) is 0.650. The van der Waals surface area contributed by atoms with Gasteiger partial charge >= 0.3 is 5.97 Å². The average molecular weight is 346 g/mol. The number of aryl methyl sites for hydroxylation is 1. The molecule has 1 aromatic heterocycles. The zero-order valence-corrected chi connectivity index (χ0v) is 14.8. The summed E-state index contributed by atoms with van der Waals surface area (Å²) in [5.74, 6) is -0.354. The molecule has 0 radical (unpaired) electrons. The molecule has 3 aliphatic rings. The summed E-state index contributed by atoms with van der Waals surface area (Å²) in [6.45, 7) is 4.49. The zero-order chi connectivity index (χ0) is 17.8. The molecule has 5 nitrogen and oxygen atoms in total. The molecule has 0 bridgehead atoms. The van der Waals surface area contributed by atoms with E-state index in [9.17, 15) is 15.0 Å². The van der Waals surface area contributed by atoms with Crippen molar-refractivity contribution < 1.29 is 24.2 Å². The average Bonchev–Trinajstić information content (AvgIpc) is 3.19. The molecule has 1 spiro atoms. The molecule has 6 atom stereocenters. The Balaban J connectivity index is 1.74. The lowest BCUT2D eigenvalue weighted by Gasteiger charge is -2.59. The lowest BCUT2D eigenvalue weighted by molar-refractivity contribution is -0.162. The molecular formula is C20H26O5. The third-order valence-electron chi connectivity index (χ3n) is 7.19. The minimum absolute atomic E-state index is 0.0275. The maximum absolute atomic E-state index is 12.2. The van der Waals surface area contributed by atoms with Gasteiger partial charge in [0.2, 0.25) is 0 Å². The van der Waals surface area contributed by atoms with E-state index in [1.165, 1.54) is 0 Å². The molecule has 0 aromatic carbocycles. The highest BCUT2D eigenvalue weighted by Gasteiger charge is 2.65. The number of carbonyl (C=O) groups excluding carboxylic acids is 1. The second kappa shape index (κ2) is 5.71. The van der Waals surface area contributed by atoms with Gasteiger partial charge in [-0.2, -0.15) is 0 Å². The van der Waals surface area contributed by atoms with E-state index in [1.54, 1.807) is 12.5 Å². The normalized spacial score (nSPS) is 43.2. The molecule has 1 saturated carbocycles. The fourth-order valence-corrected chi connectivity index (χ4v) is 5.71. The Morgan fingerprint density at radius 3 is 2.84 bits per heavy atom. The summed E-state index contributed by atoms with van der Waals surface area (Å²) in [5, 5.41) is 21.7. The van der Waals surface area contributed by atoms with Gasteiger partial charge in [0.15, 0.2) is 0 Å².